The normalized spacial score (nSPS) is 12.9. The Bertz CT molecular complexity index is 1230. The maximum Gasteiger partial charge on any atom is 0.316 e. The number of rotatable bonds is 7. The summed E-state index contributed by atoms with van der Waals surface area (Å²) in [7, 11) is 0. The first-order valence-corrected chi connectivity index (χ1v) is 10.0. The molecule has 1 atom stereocenters. The molecule has 1 heterocycles. The summed E-state index contributed by atoms with van der Waals surface area (Å²) >= 11 is 0.528. The molecule has 1 unspecified atom stereocenters. The molecule has 0 saturated carbocycles. The van der Waals surface area contributed by atoms with Gasteiger partial charge in [0.2, 0.25) is 0 Å². The monoisotopic (exact) mass is 478 g/mol. The Morgan fingerprint density at radius 3 is 2.27 bits per heavy atom. The van der Waals surface area contributed by atoms with E-state index in [1.165, 1.54) is 30.3 Å². The fraction of sp³-hybridized carbons (Fsp3) is 0.136. The number of hydrogen-bond acceptors (Lipinski definition) is 5. The number of hydrogen-bond donors (Lipinski definition) is 3. The Kier molecular flexibility index (Phi) is 6.90. The van der Waals surface area contributed by atoms with Crippen molar-refractivity contribution < 1.29 is 27.1 Å². The van der Waals surface area contributed by atoms with Crippen LogP contribution in [0.5, 0.6) is 0 Å². The molecule has 0 aliphatic carbocycles. The summed E-state index contributed by atoms with van der Waals surface area (Å²) in [5.74, 6) is -1.72. The van der Waals surface area contributed by atoms with E-state index in [-0.39, 0.29) is 4.88 Å². The zero-order valence-corrected chi connectivity index (χ0v) is 17.4. The van der Waals surface area contributed by atoms with Crippen LogP contribution in [0.25, 0.3) is 0 Å². The van der Waals surface area contributed by atoms with Crippen molar-refractivity contribution in [3.05, 3.63) is 92.9 Å². The predicted octanol–water partition coefficient (Wildman–Crippen LogP) is 5.40. The van der Waals surface area contributed by atoms with Gasteiger partial charge in [0.1, 0.15) is 23.8 Å². The molecule has 3 N–H and O–H groups in total. The molecule has 1 aromatic heterocycles. The van der Waals surface area contributed by atoms with Gasteiger partial charge in [-0.1, -0.05) is 17.1 Å². The standard InChI is InChI=1S/C22H15F5N4OS/c23-15-4-1-14(2-5-15)3-7-17-8-10-20(33-17)22(26,27)21(32,12-31(13-28)30-29)18-9-6-16(24)11-19(18)25/h1-2,4-6,8-11,13,28-29,32H,12H2. The number of aliphatic hydroxyl groups is 1. The second-order valence-corrected chi connectivity index (χ2v) is 7.89. The molecular weight excluding hydrogens is 463 g/mol. The lowest BCUT2D eigenvalue weighted by Gasteiger charge is -2.37. The van der Waals surface area contributed by atoms with Crippen LogP contribution in [0, 0.1) is 40.2 Å². The van der Waals surface area contributed by atoms with E-state index in [2.05, 4.69) is 17.1 Å². The number of halogens is 5. The summed E-state index contributed by atoms with van der Waals surface area (Å²) in [5.41, 5.74) is 3.20. The van der Waals surface area contributed by atoms with Gasteiger partial charge in [-0.15, -0.1) is 11.3 Å². The van der Waals surface area contributed by atoms with Gasteiger partial charge in [0.15, 0.2) is 5.60 Å². The highest BCUT2D eigenvalue weighted by molar-refractivity contribution is 7.12. The first-order chi connectivity index (χ1) is 15.6. The van der Waals surface area contributed by atoms with Crippen molar-refractivity contribution in [1.29, 1.82) is 10.9 Å². The van der Waals surface area contributed by atoms with Gasteiger partial charge >= 0.3 is 5.92 Å². The average Bonchev–Trinajstić information content (AvgIpc) is 3.26. The molecular formula is C22H15F5N4OS. The quantitative estimate of drug-likeness (QED) is 0.106. The lowest BCUT2D eigenvalue weighted by molar-refractivity contribution is -0.199. The molecule has 0 bridgehead atoms. The van der Waals surface area contributed by atoms with Gasteiger partial charge in [-0.3, -0.25) is 5.41 Å². The van der Waals surface area contributed by atoms with Crippen molar-refractivity contribution in [2.24, 2.45) is 5.22 Å². The number of thiophene rings is 1. The SMILES string of the molecule is N=CN(CC(O)(c1ccc(F)cc1F)C(F)(F)c1ccc(C#Cc2ccc(F)cc2)s1)N=N. The first kappa shape index (κ1) is 24.0. The van der Waals surface area contributed by atoms with E-state index in [1.54, 1.807) is 0 Å². The van der Waals surface area contributed by atoms with E-state index in [0.717, 1.165) is 6.07 Å². The highest BCUT2D eigenvalue weighted by Crippen LogP contribution is 2.48. The number of alkyl halides is 2. The Hall–Kier alpha value is -3.62. The summed E-state index contributed by atoms with van der Waals surface area (Å²) in [4.78, 5) is -0.503. The predicted molar refractivity (Wildman–Crippen MR) is 111 cm³/mol. The maximum atomic E-state index is 15.6. The number of nitrogens with zero attached hydrogens (tertiary/aromatic N) is 2. The summed E-state index contributed by atoms with van der Waals surface area (Å²) in [6.45, 7) is -1.16. The molecule has 3 rings (SSSR count). The smallest absolute Gasteiger partial charge is 0.316 e. The van der Waals surface area contributed by atoms with Gasteiger partial charge in [0, 0.05) is 17.2 Å². The zero-order chi connectivity index (χ0) is 24.2. The van der Waals surface area contributed by atoms with Crippen molar-refractivity contribution in [3.63, 3.8) is 0 Å². The largest absolute Gasteiger partial charge is 0.377 e. The van der Waals surface area contributed by atoms with Crippen LogP contribution in [-0.2, 0) is 11.5 Å². The van der Waals surface area contributed by atoms with Crippen LogP contribution in [0.4, 0.5) is 22.0 Å². The van der Waals surface area contributed by atoms with E-state index < -0.39 is 46.0 Å². The zero-order valence-electron chi connectivity index (χ0n) is 16.6. The third kappa shape index (κ3) is 4.92. The van der Waals surface area contributed by atoms with Crippen LogP contribution in [-0.4, -0.2) is 23.0 Å². The molecule has 170 valence electrons. The highest BCUT2D eigenvalue weighted by atomic mass is 32.1. The van der Waals surface area contributed by atoms with Crippen molar-refractivity contribution >= 4 is 17.7 Å². The van der Waals surface area contributed by atoms with Crippen molar-refractivity contribution in [2.75, 3.05) is 6.54 Å². The van der Waals surface area contributed by atoms with E-state index >= 15 is 8.78 Å². The number of nitrogens with one attached hydrogen (secondary N) is 2. The molecule has 0 spiro atoms. The summed E-state index contributed by atoms with van der Waals surface area (Å²) in [5, 5.41) is 21.5. The second-order valence-electron chi connectivity index (χ2n) is 6.81. The minimum Gasteiger partial charge on any atom is -0.377 e. The van der Waals surface area contributed by atoms with Crippen molar-refractivity contribution in [1.82, 2.24) is 5.01 Å². The molecule has 11 heteroatoms. The molecule has 5 nitrogen and oxygen atoms in total. The van der Waals surface area contributed by atoms with Crippen LogP contribution in [0.3, 0.4) is 0 Å². The topological polar surface area (TPSA) is 83.5 Å². The van der Waals surface area contributed by atoms with Gasteiger partial charge in [0.05, 0.1) is 16.3 Å². The van der Waals surface area contributed by atoms with E-state index in [9.17, 15) is 18.3 Å². The highest BCUT2D eigenvalue weighted by Gasteiger charge is 2.58. The minimum absolute atomic E-state index is 0.185. The molecule has 0 saturated heterocycles. The van der Waals surface area contributed by atoms with Gasteiger partial charge < -0.3 is 5.11 Å². The van der Waals surface area contributed by atoms with Gasteiger partial charge in [0.25, 0.3) is 0 Å². The Labute approximate surface area is 189 Å². The lowest BCUT2D eigenvalue weighted by atomic mass is 9.85. The van der Waals surface area contributed by atoms with E-state index in [1.807, 2.05) is 0 Å². The fourth-order valence-electron chi connectivity index (χ4n) is 2.97. The molecule has 0 aliphatic rings. The third-order valence-electron chi connectivity index (χ3n) is 4.65. The van der Waals surface area contributed by atoms with Crippen molar-refractivity contribution in [3.8, 4) is 11.8 Å². The van der Waals surface area contributed by atoms with E-state index in [4.69, 9.17) is 10.9 Å². The third-order valence-corrected chi connectivity index (χ3v) is 5.72. The molecule has 0 amide bonds. The van der Waals surface area contributed by atoms with E-state index in [0.29, 0.717) is 46.4 Å². The first-order valence-electron chi connectivity index (χ1n) is 9.19. The number of benzene rings is 2. The maximum absolute atomic E-state index is 15.6. The molecule has 3 aromatic rings. The van der Waals surface area contributed by atoms with Gasteiger partial charge in [-0.2, -0.15) is 14.3 Å². The Morgan fingerprint density at radius 1 is 1.00 bits per heavy atom. The second kappa shape index (κ2) is 9.48. The minimum atomic E-state index is -4.15. The van der Waals surface area contributed by atoms with Crippen LogP contribution < -0.4 is 0 Å². The average molecular weight is 478 g/mol. The Morgan fingerprint density at radius 2 is 1.67 bits per heavy atom. The van der Waals surface area contributed by atoms with Crippen molar-refractivity contribution in [2.45, 2.75) is 11.5 Å². The Balaban J connectivity index is 2.04. The summed E-state index contributed by atoms with van der Waals surface area (Å²) in [6, 6.07) is 9.22. The van der Waals surface area contributed by atoms with Crippen LogP contribution >= 0.6 is 11.3 Å². The van der Waals surface area contributed by atoms with Gasteiger partial charge in [-0.05, 0) is 48.5 Å². The molecule has 0 radical (unpaired) electrons. The molecule has 0 aliphatic heterocycles. The fourth-order valence-corrected chi connectivity index (χ4v) is 3.88. The molecule has 0 fully saturated rings. The lowest BCUT2D eigenvalue weighted by Crippen LogP contribution is -2.50. The van der Waals surface area contributed by atoms with Gasteiger partial charge in [-0.25, -0.2) is 18.2 Å². The van der Waals surface area contributed by atoms with Crippen LogP contribution in [0.15, 0.2) is 59.8 Å². The summed E-state index contributed by atoms with van der Waals surface area (Å²) in [6.07, 6.45) is 0.406. The molecule has 33 heavy (non-hydrogen) atoms. The molecule has 2 aromatic carbocycles. The summed E-state index contributed by atoms with van der Waals surface area (Å²) < 4.78 is 72.1. The van der Waals surface area contributed by atoms with Crippen LogP contribution in [0.1, 0.15) is 20.9 Å². The van der Waals surface area contributed by atoms with Crippen LogP contribution in [0.2, 0.25) is 0 Å².